The molecule has 124 valence electrons. The van der Waals surface area contributed by atoms with E-state index in [1.807, 2.05) is 0 Å². The third kappa shape index (κ3) is 4.85. The summed E-state index contributed by atoms with van der Waals surface area (Å²) in [5, 5.41) is 0. The Labute approximate surface area is 136 Å². The highest BCUT2D eigenvalue weighted by atomic mass is 35.5. The molecule has 3 nitrogen and oxygen atoms in total. The highest BCUT2D eigenvalue weighted by Crippen LogP contribution is 2.39. The number of hydrogen-bond donors (Lipinski definition) is 1. The van der Waals surface area contributed by atoms with Gasteiger partial charge in [-0.25, -0.2) is 0 Å². The van der Waals surface area contributed by atoms with Crippen LogP contribution in [0.15, 0.2) is 0 Å². The highest BCUT2D eigenvalue weighted by molar-refractivity contribution is 5.85. The number of piperidine rings is 1. The van der Waals surface area contributed by atoms with Gasteiger partial charge in [0.05, 0.1) is 0 Å². The molecule has 0 spiro atoms. The molecule has 2 fully saturated rings. The number of rotatable bonds is 4. The second-order valence-electron chi connectivity index (χ2n) is 7.40. The summed E-state index contributed by atoms with van der Waals surface area (Å²) >= 11 is 0. The van der Waals surface area contributed by atoms with Crippen LogP contribution in [0, 0.1) is 17.3 Å². The number of amides is 1. The van der Waals surface area contributed by atoms with Gasteiger partial charge in [-0.3, -0.25) is 4.79 Å². The minimum absolute atomic E-state index is 0. The van der Waals surface area contributed by atoms with E-state index >= 15 is 0 Å². The van der Waals surface area contributed by atoms with Crippen LogP contribution in [0.4, 0.5) is 0 Å². The van der Waals surface area contributed by atoms with Crippen molar-refractivity contribution in [3.63, 3.8) is 0 Å². The molecule has 21 heavy (non-hydrogen) atoms. The Bertz CT molecular complexity index is 319. The van der Waals surface area contributed by atoms with E-state index in [1.54, 1.807) is 0 Å². The molecule has 0 radical (unpaired) electrons. The van der Waals surface area contributed by atoms with Crippen LogP contribution in [0.2, 0.25) is 0 Å². The van der Waals surface area contributed by atoms with Crippen molar-refractivity contribution in [3.05, 3.63) is 0 Å². The summed E-state index contributed by atoms with van der Waals surface area (Å²) in [4.78, 5) is 14.7. The highest BCUT2D eigenvalue weighted by Gasteiger charge is 2.35. The largest absolute Gasteiger partial charge is 0.343 e. The summed E-state index contributed by atoms with van der Waals surface area (Å²) in [6, 6.07) is 0. The van der Waals surface area contributed by atoms with Gasteiger partial charge >= 0.3 is 0 Å². The summed E-state index contributed by atoms with van der Waals surface area (Å²) in [6.07, 6.45) is 9.17. The number of nitrogens with zero attached hydrogens (tertiary/aromatic N) is 1. The molecule has 2 N–H and O–H groups in total. The Morgan fingerprint density at radius 3 is 2.24 bits per heavy atom. The molecule has 4 heteroatoms. The van der Waals surface area contributed by atoms with Crippen molar-refractivity contribution in [2.24, 2.45) is 23.0 Å². The second kappa shape index (κ2) is 8.38. The SMILES string of the molecule is CC(C)C1CCN(C(=O)CC2(CN)CCCCC2)CC1.Cl. The molecule has 1 saturated carbocycles. The third-order valence-corrected chi connectivity index (χ3v) is 5.71. The molecule has 0 bridgehead atoms. The maximum atomic E-state index is 12.6. The summed E-state index contributed by atoms with van der Waals surface area (Å²) in [5.41, 5.74) is 6.12. The number of carbonyl (C=O) groups is 1. The van der Waals surface area contributed by atoms with Crippen LogP contribution in [0.25, 0.3) is 0 Å². The molecular weight excluding hydrogens is 284 g/mol. The number of carbonyl (C=O) groups excluding carboxylic acids is 1. The first kappa shape index (κ1) is 18.8. The molecule has 0 aromatic rings. The standard InChI is InChI=1S/C17H32N2O.ClH/c1-14(2)15-6-10-19(11-7-15)16(20)12-17(13-18)8-4-3-5-9-17;/h14-15H,3-13,18H2,1-2H3;1H. The van der Waals surface area contributed by atoms with Gasteiger partial charge in [-0.2, -0.15) is 0 Å². The van der Waals surface area contributed by atoms with E-state index < -0.39 is 0 Å². The summed E-state index contributed by atoms with van der Waals surface area (Å²) < 4.78 is 0. The topological polar surface area (TPSA) is 46.3 Å². The van der Waals surface area contributed by atoms with Gasteiger partial charge in [0.25, 0.3) is 0 Å². The molecular formula is C17H33ClN2O. The summed E-state index contributed by atoms with van der Waals surface area (Å²) in [5.74, 6) is 1.91. The van der Waals surface area contributed by atoms with Crippen molar-refractivity contribution in [1.82, 2.24) is 4.90 Å². The van der Waals surface area contributed by atoms with Gasteiger partial charge in [-0.05, 0) is 49.5 Å². The Kier molecular flexibility index (Phi) is 7.49. The molecule has 0 aromatic heterocycles. The van der Waals surface area contributed by atoms with Crippen molar-refractivity contribution >= 4 is 18.3 Å². The lowest BCUT2D eigenvalue weighted by Gasteiger charge is -2.39. The fraction of sp³-hybridized carbons (Fsp3) is 0.941. The van der Waals surface area contributed by atoms with Gasteiger partial charge in [-0.15, -0.1) is 12.4 Å². The number of likely N-dealkylation sites (tertiary alicyclic amines) is 1. The second-order valence-corrected chi connectivity index (χ2v) is 7.40. The van der Waals surface area contributed by atoms with E-state index in [0.717, 1.165) is 37.8 Å². The zero-order chi connectivity index (χ0) is 14.6. The molecule has 0 atom stereocenters. The van der Waals surface area contributed by atoms with E-state index in [0.29, 0.717) is 18.9 Å². The van der Waals surface area contributed by atoms with Gasteiger partial charge < -0.3 is 10.6 Å². The third-order valence-electron chi connectivity index (χ3n) is 5.71. The molecule has 0 aromatic carbocycles. The molecule has 1 amide bonds. The van der Waals surface area contributed by atoms with Gasteiger partial charge in [0.1, 0.15) is 0 Å². The Hall–Kier alpha value is -0.280. The smallest absolute Gasteiger partial charge is 0.223 e. The van der Waals surface area contributed by atoms with Crippen LogP contribution in [0.3, 0.4) is 0 Å². The van der Waals surface area contributed by atoms with Crippen LogP contribution in [0.5, 0.6) is 0 Å². The zero-order valence-electron chi connectivity index (χ0n) is 13.8. The first-order chi connectivity index (χ1) is 9.56. The van der Waals surface area contributed by atoms with Crippen LogP contribution < -0.4 is 5.73 Å². The lowest BCUT2D eigenvalue weighted by atomic mass is 9.71. The summed E-state index contributed by atoms with van der Waals surface area (Å²) in [7, 11) is 0. The first-order valence-electron chi connectivity index (χ1n) is 8.54. The van der Waals surface area contributed by atoms with Crippen molar-refractivity contribution in [2.75, 3.05) is 19.6 Å². The minimum Gasteiger partial charge on any atom is -0.343 e. The molecule has 1 heterocycles. The van der Waals surface area contributed by atoms with Crippen molar-refractivity contribution in [3.8, 4) is 0 Å². The quantitative estimate of drug-likeness (QED) is 0.861. The minimum atomic E-state index is 0. The molecule has 1 aliphatic heterocycles. The van der Waals surface area contributed by atoms with Crippen LogP contribution >= 0.6 is 12.4 Å². The van der Waals surface area contributed by atoms with E-state index in [1.165, 1.54) is 32.1 Å². The van der Waals surface area contributed by atoms with Crippen LogP contribution in [-0.2, 0) is 4.79 Å². The molecule has 2 aliphatic rings. The normalized spacial score (nSPS) is 23.0. The average molecular weight is 317 g/mol. The maximum Gasteiger partial charge on any atom is 0.223 e. The first-order valence-corrected chi connectivity index (χ1v) is 8.54. The van der Waals surface area contributed by atoms with Gasteiger partial charge in [0.2, 0.25) is 5.91 Å². The Balaban J connectivity index is 0.00000220. The number of nitrogens with two attached hydrogens (primary N) is 1. The van der Waals surface area contributed by atoms with Gasteiger partial charge in [0, 0.05) is 19.5 Å². The monoisotopic (exact) mass is 316 g/mol. The number of hydrogen-bond acceptors (Lipinski definition) is 2. The molecule has 1 saturated heterocycles. The van der Waals surface area contributed by atoms with Gasteiger partial charge in [-0.1, -0.05) is 33.1 Å². The van der Waals surface area contributed by atoms with Crippen molar-refractivity contribution < 1.29 is 4.79 Å². The maximum absolute atomic E-state index is 12.6. The summed E-state index contributed by atoms with van der Waals surface area (Å²) in [6.45, 7) is 7.20. The van der Waals surface area contributed by atoms with E-state index in [-0.39, 0.29) is 17.8 Å². The predicted octanol–water partition coefficient (Wildman–Crippen LogP) is 3.60. The Morgan fingerprint density at radius 1 is 1.19 bits per heavy atom. The average Bonchev–Trinajstić information content (AvgIpc) is 2.48. The molecule has 2 rings (SSSR count). The molecule has 1 aliphatic carbocycles. The fourth-order valence-corrected chi connectivity index (χ4v) is 4.00. The molecule has 0 unspecified atom stereocenters. The van der Waals surface area contributed by atoms with E-state index in [9.17, 15) is 4.79 Å². The van der Waals surface area contributed by atoms with Crippen LogP contribution in [-0.4, -0.2) is 30.4 Å². The lowest BCUT2D eigenvalue weighted by Crippen LogP contribution is -2.44. The predicted molar refractivity (Wildman–Crippen MR) is 90.6 cm³/mol. The lowest BCUT2D eigenvalue weighted by molar-refractivity contribution is -0.135. The van der Waals surface area contributed by atoms with Crippen LogP contribution in [0.1, 0.15) is 65.2 Å². The van der Waals surface area contributed by atoms with E-state index in [4.69, 9.17) is 5.73 Å². The van der Waals surface area contributed by atoms with Crippen molar-refractivity contribution in [1.29, 1.82) is 0 Å². The zero-order valence-corrected chi connectivity index (χ0v) is 14.6. The van der Waals surface area contributed by atoms with Gasteiger partial charge in [0.15, 0.2) is 0 Å². The van der Waals surface area contributed by atoms with Crippen molar-refractivity contribution in [2.45, 2.75) is 65.2 Å². The fourth-order valence-electron chi connectivity index (χ4n) is 4.00. The number of halogens is 1. The Morgan fingerprint density at radius 2 is 1.76 bits per heavy atom. The van der Waals surface area contributed by atoms with E-state index in [2.05, 4.69) is 18.7 Å².